The predicted molar refractivity (Wildman–Crippen MR) is 112 cm³/mol. The number of hydrogen-bond donors (Lipinski definition) is 2. The molecule has 162 valence electrons. The molecule has 0 aromatic carbocycles. The van der Waals surface area contributed by atoms with Crippen molar-refractivity contribution in [3.05, 3.63) is 46.4 Å². The van der Waals surface area contributed by atoms with E-state index < -0.39 is 18.1 Å². The van der Waals surface area contributed by atoms with Gasteiger partial charge in [0.15, 0.2) is 0 Å². The molecule has 0 bridgehead atoms. The first-order valence-corrected chi connectivity index (χ1v) is 11.2. The summed E-state index contributed by atoms with van der Waals surface area (Å²) < 4.78 is 1.73. The Bertz CT molecular complexity index is 1050. The van der Waals surface area contributed by atoms with Crippen LogP contribution in [0.2, 0.25) is 0 Å². The highest BCUT2D eigenvalue weighted by Gasteiger charge is 2.52. The van der Waals surface area contributed by atoms with E-state index in [0.717, 1.165) is 0 Å². The maximum atomic E-state index is 13.5. The summed E-state index contributed by atoms with van der Waals surface area (Å²) in [7, 11) is 1.79. The van der Waals surface area contributed by atoms with Crippen LogP contribution in [0, 0.1) is 0 Å². The topological polar surface area (TPSA) is 104 Å². The molecule has 10 heteroatoms. The average Bonchev–Trinajstić information content (AvgIpc) is 3.52. The van der Waals surface area contributed by atoms with E-state index in [1.54, 1.807) is 47.0 Å². The standard InChI is InChI=1S/C21H23N5O4S/c1-24-7-2-4-14(24)20(29)25-8-6-13-17(25)21(30)26-11-12(10-15(26)18(27)23-13)22-19(28)16-5-3-9-31-16/h2-5,7,9,12-13,15,17H,6,8,10-11H2,1H3,(H,22,28)(H,23,27)/t12-,13+,15+,17-/m0/s1. The highest BCUT2D eigenvalue weighted by molar-refractivity contribution is 7.12. The third-order valence-electron chi connectivity index (χ3n) is 6.37. The van der Waals surface area contributed by atoms with Crippen molar-refractivity contribution >= 4 is 35.0 Å². The number of nitrogens with zero attached hydrogens (tertiary/aromatic N) is 3. The molecule has 0 spiro atoms. The number of rotatable bonds is 3. The van der Waals surface area contributed by atoms with Crippen LogP contribution in [0.3, 0.4) is 0 Å². The van der Waals surface area contributed by atoms with Gasteiger partial charge in [-0.3, -0.25) is 19.2 Å². The van der Waals surface area contributed by atoms with Crippen LogP contribution in [0.1, 0.15) is 33.0 Å². The highest BCUT2D eigenvalue weighted by Crippen LogP contribution is 2.30. The molecule has 5 rings (SSSR count). The molecule has 3 aliphatic rings. The Morgan fingerprint density at radius 3 is 2.77 bits per heavy atom. The summed E-state index contributed by atoms with van der Waals surface area (Å²) in [5.41, 5.74) is 0.503. The van der Waals surface area contributed by atoms with E-state index in [-0.39, 0.29) is 36.2 Å². The summed E-state index contributed by atoms with van der Waals surface area (Å²) >= 11 is 1.34. The second-order valence-corrected chi connectivity index (χ2v) is 9.19. The lowest BCUT2D eigenvalue weighted by atomic mass is 10.1. The number of aromatic nitrogens is 1. The van der Waals surface area contributed by atoms with Gasteiger partial charge in [-0.25, -0.2) is 0 Å². The first-order chi connectivity index (χ1) is 14.9. The van der Waals surface area contributed by atoms with E-state index in [9.17, 15) is 19.2 Å². The van der Waals surface area contributed by atoms with Gasteiger partial charge in [0.1, 0.15) is 17.8 Å². The fourth-order valence-corrected chi connectivity index (χ4v) is 5.48. The van der Waals surface area contributed by atoms with Crippen molar-refractivity contribution < 1.29 is 19.2 Å². The molecule has 0 unspecified atom stereocenters. The van der Waals surface area contributed by atoms with E-state index in [2.05, 4.69) is 10.6 Å². The Kier molecular flexibility index (Phi) is 4.81. The lowest BCUT2D eigenvalue weighted by molar-refractivity contribution is -0.138. The summed E-state index contributed by atoms with van der Waals surface area (Å²) in [5.74, 6) is -0.879. The number of likely N-dealkylation sites (tertiary alicyclic amines) is 1. The lowest BCUT2D eigenvalue weighted by Crippen LogP contribution is -2.52. The van der Waals surface area contributed by atoms with E-state index in [0.29, 0.717) is 30.0 Å². The maximum absolute atomic E-state index is 13.5. The van der Waals surface area contributed by atoms with Crippen LogP contribution in [-0.4, -0.2) is 75.3 Å². The van der Waals surface area contributed by atoms with Crippen molar-refractivity contribution in [3.8, 4) is 0 Å². The first kappa shape index (κ1) is 19.8. The molecule has 2 N–H and O–H groups in total. The Hall–Kier alpha value is -3.14. The van der Waals surface area contributed by atoms with E-state index in [4.69, 9.17) is 0 Å². The van der Waals surface area contributed by atoms with Gasteiger partial charge in [-0.1, -0.05) is 6.07 Å². The lowest BCUT2D eigenvalue weighted by Gasteiger charge is -2.29. The minimum absolute atomic E-state index is 0.204. The normalized spacial score (nSPS) is 27.5. The van der Waals surface area contributed by atoms with Crippen molar-refractivity contribution in [2.45, 2.75) is 37.0 Å². The zero-order valence-electron chi connectivity index (χ0n) is 17.0. The quantitative estimate of drug-likeness (QED) is 0.710. The summed E-state index contributed by atoms with van der Waals surface area (Å²) in [6.07, 6.45) is 2.69. The Labute approximate surface area is 183 Å². The van der Waals surface area contributed by atoms with Crippen LogP contribution in [-0.2, 0) is 16.6 Å². The summed E-state index contributed by atoms with van der Waals surface area (Å²) in [5, 5.41) is 7.74. The predicted octanol–water partition coefficient (Wildman–Crippen LogP) is 0.199. The number of aryl methyl sites for hydroxylation is 1. The summed E-state index contributed by atoms with van der Waals surface area (Å²) in [6, 6.07) is 4.97. The average molecular weight is 442 g/mol. The van der Waals surface area contributed by atoms with Crippen LogP contribution < -0.4 is 10.6 Å². The molecule has 3 fully saturated rings. The minimum Gasteiger partial charge on any atom is -0.349 e. The molecule has 5 heterocycles. The van der Waals surface area contributed by atoms with Crippen molar-refractivity contribution in [2.24, 2.45) is 7.05 Å². The van der Waals surface area contributed by atoms with Crippen molar-refractivity contribution in [2.75, 3.05) is 13.1 Å². The zero-order valence-corrected chi connectivity index (χ0v) is 17.8. The molecule has 4 atom stereocenters. The van der Waals surface area contributed by atoms with Crippen LogP contribution in [0.4, 0.5) is 0 Å². The van der Waals surface area contributed by atoms with Gasteiger partial charge < -0.3 is 25.0 Å². The van der Waals surface area contributed by atoms with Crippen molar-refractivity contribution in [1.82, 2.24) is 25.0 Å². The highest BCUT2D eigenvalue weighted by atomic mass is 32.1. The van der Waals surface area contributed by atoms with Crippen molar-refractivity contribution in [3.63, 3.8) is 0 Å². The number of hydrogen-bond acceptors (Lipinski definition) is 5. The summed E-state index contributed by atoms with van der Waals surface area (Å²) in [4.78, 5) is 55.6. The number of fused-ring (bicyclic) bond motifs is 2. The Balaban J connectivity index is 1.36. The fourth-order valence-electron chi connectivity index (χ4n) is 4.85. The third-order valence-corrected chi connectivity index (χ3v) is 7.24. The monoisotopic (exact) mass is 441 g/mol. The third kappa shape index (κ3) is 3.31. The molecule has 4 amide bonds. The molecule has 9 nitrogen and oxygen atoms in total. The molecule has 0 saturated carbocycles. The van der Waals surface area contributed by atoms with Gasteiger partial charge in [0.2, 0.25) is 11.8 Å². The molecular formula is C21H23N5O4S. The molecular weight excluding hydrogens is 418 g/mol. The number of carbonyl (C=O) groups is 4. The van der Waals surface area contributed by atoms with E-state index >= 15 is 0 Å². The maximum Gasteiger partial charge on any atom is 0.271 e. The molecule has 0 aliphatic carbocycles. The zero-order chi connectivity index (χ0) is 21.7. The first-order valence-electron chi connectivity index (χ1n) is 10.3. The molecule has 3 saturated heterocycles. The van der Waals surface area contributed by atoms with Gasteiger partial charge >= 0.3 is 0 Å². The SMILES string of the molecule is Cn1cccc1C(=O)N1CC[C@H]2NC(=O)[C@H]3C[C@H](NC(=O)c4cccs4)CN3C(=O)[C@H]21. The van der Waals surface area contributed by atoms with Crippen LogP contribution in [0.5, 0.6) is 0 Å². The molecule has 0 radical (unpaired) electrons. The number of amides is 4. The fraction of sp³-hybridized carbons (Fsp3) is 0.429. The number of nitrogens with one attached hydrogen (secondary N) is 2. The second-order valence-electron chi connectivity index (χ2n) is 8.24. The van der Waals surface area contributed by atoms with Gasteiger partial charge in [-0.2, -0.15) is 0 Å². The Morgan fingerprint density at radius 2 is 2.06 bits per heavy atom. The van der Waals surface area contributed by atoms with Crippen LogP contribution in [0.15, 0.2) is 35.8 Å². The molecule has 2 aromatic heterocycles. The van der Waals surface area contributed by atoms with Gasteiger partial charge in [0, 0.05) is 32.4 Å². The van der Waals surface area contributed by atoms with Gasteiger partial charge in [-0.15, -0.1) is 11.3 Å². The number of carbonyl (C=O) groups excluding carboxylic acids is 4. The largest absolute Gasteiger partial charge is 0.349 e. The molecule has 3 aliphatic heterocycles. The van der Waals surface area contributed by atoms with Gasteiger partial charge in [-0.05, 0) is 36.4 Å². The summed E-state index contributed by atoms with van der Waals surface area (Å²) in [6.45, 7) is 0.659. The number of thiophene rings is 1. The minimum atomic E-state index is -0.733. The molecule has 2 aromatic rings. The smallest absolute Gasteiger partial charge is 0.271 e. The van der Waals surface area contributed by atoms with Crippen LogP contribution in [0.25, 0.3) is 0 Å². The molecule has 31 heavy (non-hydrogen) atoms. The van der Waals surface area contributed by atoms with Crippen molar-refractivity contribution in [1.29, 1.82) is 0 Å². The second kappa shape index (κ2) is 7.52. The van der Waals surface area contributed by atoms with Crippen LogP contribution >= 0.6 is 11.3 Å². The van der Waals surface area contributed by atoms with Gasteiger partial charge in [0.25, 0.3) is 11.8 Å². The van der Waals surface area contributed by atoms with E-state index in [1.807, 2.05) is 5.38 Å². The van der Waals surface area contributed by atoms with Gasteiger partial charge in [0.05, 0.1) is 10.9 Å². The van der Waals surface area contributed by atoms with E-state index in [1.165, 1.54) is 16.2 Å². The Morgan fingerprint density at radius 1 is 1.23 bits per heavy atom.